The van der Waals surface area contributed by atoms with Crippen molar-refractivity contribution in [3.05, 3.63) is 90.1 Å². The highest BCUT2D eigenvalue weighted by Crippen LogP contribution is 2.40. The molecule has 164 valence electrons. The molecule has 0 amide bonds. The third kappa shape index (κ3) is 3.57. The van der Waals surface area contributed by atoms with Crippen molar-refractivity contribution in [3.63, 3.8) is 0 Å². The van der Waals surface area contributed by atoms with E-state index in [-0.39, 0.29) is 11.5 Å². The highest BCUT2D eigenvalue weighted by molar-refractivity contribution is 5.98. The predicted octanol–water partition coefficient (Wildman–Crippen LogP) is 5.62. The van der Waals surface area contributed by atoms with Crippen LogP contribution in [0.25, 0.3) is 22.2 Å². The van der Waals surface area contributed by atoms with Gasteiger partial charge in [0, 0.05) is 36.5 Å². The summed E-state index contributed by atoms with van der Waals surface area (Å²) in [6.45, 7) is 1.85. The van der Waals surface area contributed by atoms with Crippen molar-refractivity contribution in [2.75, 3.05) is 4.90 Å². The molecule has 0 saturated heterocycles. The number of hydrogen-bond acceptors (Lipinski definition) is 5. The lowest BCUT2D eigenvalue weighted by molar-refractivity contribution is 0.582. The van der Waals surface area contributed by atoms with Crippen LogP contribution in [0.4, 0.5) is 30.4 Å². The minimum Gasteiger partial charge on any atom is -0.289 e. The SMILES string of the molecule is Cc1nnn(C)c1-c1ccc2nccc(N(c3ccc(F)cc3F)c3ncccc3F)c2c1. The standard InChI is InChI=1S/C24H17F3N6/c1-14-23(32(2)31-30-14)15-5-7-20-17(12-15)21(9-11-28-20)33(24-18(26)4-3-10-29-24)22-8-6-16(25)13-19(22)27/h3-13H,1-2H3. The lowest BCUT2D eigenvalue weighted by Gasteiger charge is -2.26. The Hall–Kier alpha value is -4.27. The van der Waals surface area contributed by atoms with E-state index in [4.69, 9.17) is 0 Å². The molecule has 33 heavy (non-hydrogen) atoms. The zero-order chi connectivity index (χ0) is 23.1. The van der Waals surface area contributed by atoms with E-state index in [9.17, 15) is 13.2 Å². The summed E-state index contributed by atoms with van der Waals surface area (Å²) in [7, 11) is 1.78. The molecule has 0 unspecified atom stereocenters. The molecular formula is C24H17F3N6. The molecule has 3 aromatic heterocycles. The number of aromatic nitrogens is 5. The average molecular weight is 446 g/mol. The average Bonchev–Trinajstić information content (AvgIpc) is 3.14. The molecule has 0 fully saturated rings. The Kier molecular flexibility index (Phi) is 5.01. The highest BCUT2D eigenvalue weighted by atomic mass is 19.1. The van der Waals surface area contributed by atoms with E-state index in [2.05, 4.69) is 20.3 Å². The largest absolute Gasteiger partial charge is 0.289 e. The van der Waals surface area contributed by atoms with E-state index in [1.165, 1.54) is 29.3 Å². The van der Waals surface area contributed by atoms with E-state index >= 15 is 0 Å². The first-order chi connectivity index (χ1) is 15.9. The van der Waals surface area contributed by atoms with Crippen molar-refractivity contribution in [1.29, 1.82) is 0 Å². The van der Waals surface area contributed by atoms with Crippen LogP contribution in [0.15, 0.2) is 67.0 Å². The molecule has 9 heteroatoms. The molecule has 6 nitrogen and oxygen atoms in total. The van der Waals surface area contributed by atoms with Crippen LogP contribution in [-0.2, 0) is 7.05 Å². The van der Waals surface area contributed by atoms with Gasteiger partial charge in [-0.25, -0.2) is 22.8 Å². The molecule has 0 radical (unpaired) electrons. The maximum Gasteiger partial charge on any atom is 0.174 e. The molecule has 0 saturated carbocycles. The second-order valence-corrected chi connectivity index (χ2v) is 7.45. The fourth-order valence-electron chi connectivity index (χ4n) is 3.89. The van der Waals surface area contributed by atoms with Gasteiger partial charge < -0.3 is 0 Å². The molecule has 0 bridgehead atoms. The molecular weight excluding hydrogens is 429 g/mol. The molecule has 0 aliphatic rings. The maximum absolute atomic E-state index is 14.9. The highest BCUT2D eigenvalue weighted by Gasteiger charge is 2.23. The summed E-state index contributed by atoms with van der Waals surface area (Å²) in [5.41, 5.74) is 3.33. The number of anilines is 3. The second kappa shape index (κ2) is 8.01. The van der Waals surface area contributed by atoms with E-state index < -0.39 is 17.5 Å². The predicted molar refractivity (Wildman–Crippen MR) is 119 cm³/mol. The monoisotopic (exact) mass is 446 g/mol. The van der Waals surface area contributed by atoms with Crippen LogP contribution in [0.2, 0.25) is 0 Å². The minimum absolute atomic E-state index is 0.0507. The van der Waals surface area contributed by atoms with Crippen LogP contribution < -0.4 is 4.90 Å². The van der Waals surface area contributed by atoms with Gasteiger partial charge in [-0.3, -0.25) is 9.88 Å². The van der Waals surface area contributed by atoms with Gasteiger partial charge in [0.05, 0.1) is 28.3 Å². The van der Waals surface area contributed by atoms with Gasteiger partial charge in [-0.05, 0) is 49.4 Å². The summed E-state index contributed by atoms with van der Waals surface area (Å²) in [6.07, 6.45) is 2.95. The van der Waals surface area contributed by atoms with Gasteiger partial charge in [-0.15, -0.1) is 5.10 Å². The molecule has 0 aliphatic heterocycles. The van der Waals surface area contributed by atoms with Crippen LogP contribution in [-0.4, -0.2) is 25.0 Å². The minimum atomic E-state index is -0.854. The molecule has 0 atom stereocenters. The zero-order valence-corrected chi connectivity index (χ0v) is 17.7. The van der Waals surface area contributed by atoms with Crippen molar-refractivity contribution in [2.45, 2.75) is 6.92 Å². The van der Waals surface area contributed by atoms with E-state index in [0.29, 0.717) is 16.6 Å². The van der Waals surface area contributed by atoms with Gasteiger partial charge in [0.1, 0.15) is 11.6 Å². The Morgan fingerprint density at radius 3 is 2.42 bits per heavy atom. The van der Waals surface area contributed by atoms with Gasteiger partial charge in [0.15, 0.2) is 11.6 Å². The van der Waals surface area contributed by atoms with Gasteiger partial charge in [0.25, 0.3) is 0 Å². The van der Waals surface area contributed by atoms with Crippen LogP contribution in [0.5, 0.6) is 0 Å². The van der Waals surface area contributed by atoms with Crippen LogP contribution in [0, 0.1) is 24.4 Å². The molecule has 0 N–H and O–H groups in total. The Morgan fingerprint density at radius 1 is 0.848 bits per heavy atom. The smallest absolute Gasteiger partial charge is 0.174 e. The first-order valence-electron chi connectivity index (χ1n) is 10.0. The molecule has 3 heterocycles. The summed E-state index contributed by atoms with van der Waals surface area (Å²) >= 11 is 0. The van der Waals surface area contributed by atoms with Gasteiger partial charge in [0.2, 0.25) is 0 Å². The van der Waals surface area contributed by atoms with Crippen LogP contribution in [0.3, 0.4) is 0 Å². The Labute approximate surface area is 187 Å². The van der Waals surface area contributed by atoms with Crippen molar-refractivity contribution in [1.82, 2.24) is 25.0 Å². The first-order valence-corrected chi connectivity index (χ1v) is 10.0. The van der Waals surface area contributed by atoms with Gasteiger partial charge in [-0.1, -0.05) is 11.3 Å². The molecule has 2 aromatic carbocycles. The fraction of sp³-hybridized carbons (Fsp3) is 0.0833. The van der Waals surface area contributed by atoms with Gasteiger partial charge in [-0.2, -0.15) is 0 Å². The Balaban J connectivity index is 1.81. The lowest BCUT2D eigenvalue weighted by Crippen LogP contribution is -2.15. The third-order valence-corrected chi connectivity index (χ3v) is 5.33. The normalized spacial score (nSPS) is 11.2. The quantitative estimate of drug-likeness (QED) is 0.359. The zero-order valence-electron chi connectivity index (χ0n) is 17.7. The summed E-state index contributed by atoms with van der Waals surface area (Å²) < 4.78 is 45.2. The van der Waals surface area contributed by atoms with E-state index in [0.717, 1.165) is 29.1 Å². The van der Waals surface area contributed by atoms with Crippen LogP contribution in [0.1, 0.15) is 5.69 Å². The Bertz CT molecular complexity index is 1480. The van der Waals surface area contributed by atoms with Crippen LogP contribution >= 0.6 is 0 Å². The number of benzene rings is 2. The van der Waals surface area contributed by atoms with Crippen molar-refractivity contribution >= 4 is 28.1 Å². The lowest BCUT2D eigenvalue weighted by atomic mass is 10.0. The number of nitrogens with zero attached hydrogens (tertiary/aromatic N) is 6. The number of halogens is 3. The summed E-state index contributed by atoms with van der Waals surface area (Å²) in [5.74, 6) is -2.38. The van der Waals surface area contributed by atoms with Crippen molar-refractivity contribution < 1.29 is 13.2 Å². The Morgan fingerprint density at radius 2 is 1.70 bits per heavy atom. The summed E-state index contributed by atoms with van der Waals surface area (Å²) in [5, 5.41) is 8.77. The third-order valence-electron chi connectivity index (χ3n) is 5.33. The molecule has 0 aliphatic carbocycles. The molecule has 0 spiro atoms. The number of pyridine rings is 2. The number of rotatable bonds is 4. The molecule has 5 aromatic rings. The number of aryl methyl sites for hydroxylation is 2. The van der Waals surface area contributed by atoms with E-state index in [1.54, 1.807) is 24.0 Å². The van der Waals surface area contributed by atoms with Crippen molar-refractivity contribution in [3.8, 4) is 11.3 Å². The fourth-order valence-corrected chi connectivity index (χ4v) is 3.89. The number of hydrogen-bond donors (Lipinski definition) is 0. The van der Waals surface area contributed by atoms with E-state index in [1.807, 2.05) is 25.1 Å². The number of fused-ring (bicyclic) bond motifs is 1. The molecule has 5 rings (SSSR count). The van der Waals surface area contributed by atoms with Crippen molar-refractivity contribution in [2.24, 2.45) is 7.05 Å². The van der Waals surface area contributed by atoms with Gasteiger partial charge >= 0.3 is 0 Å². The summed E-state index contributed by atoms with van der Waals surface area (Å²) in [4.78, 5) is 9.88. The second-order valence-electron chi connectivity index (χ2n) is 7.45. The maximum atomic E-state index is 14.9. The summed E-state index contributed by atoms with van der Waals surface area (Å²) in [6, 6.07) is 13.0. The topological polar surface area (TPSA) is 59.7 Å². The first kappa shape index (κ1) is 20.6.